The van der Waals surface area contributed by atoms with Crippen LogP contribution in [0.1, 0.15) is 50.3 Å². The van der Waals surface area contributed by atoms with Gasteiger partial charge < -0.3 is 5.11 Å². The minimum absolute atomic E-state index is 0.117. The first-order valence-corrected chi connectivity index (χ1v) is 8.98. The number of nitrogens with one attached hydrogen (secondary N) is 2. The van der Waals surface area contributed by atoms with Crippen molar-refractivity contribution in [3.8, 4) is 0 Å². The van der Waals surface area contributed by atoms with Gasteiger partial charge in [-0.2, -0.15) is 0 Å². The topological polar surface area (TPSA) is 109 Å². The monoisotopic (exact) mass is 361 g/mol. The number of hydrazone groups is 1. The third-order valence-electron chi connectivity index (χ3n) is 5.03. The number of hydrogen-bond donors (Lipinski definition) is 3. The lowest BCUT2D eigenvalue weighted by Gasteiger charge is -2.34. The molecule has 1 aromatic heterocycles. The predicted octanol–water partition coefficient (Wildman–Crippen LogP) is -1.30. The van der Waals surface area contributed by atoms with Crippen LogP contribution in [-0.4, -0.2) is 50.4 Å². The van der Waals surface area contributed by atoms with Gasteiger partial charge in [0.2, 0.25) is 5.71 Å². The number of rotatable bonds is 5. The molecule has 2 atom stereocenters. The lowest BCUT2D eigenvalue weighted by molar-refractivity contribution is -0.610. The number of aromatic amines is 1. The van der Waals surface area contributed by atoms with Crippen LogP contribution in [0.3, 0.4) is 0 Å². The third kappa shape index (κ3) is 2.56. The number of aliphatic hydroxyl groups excluding tert-OH is 1. The van der Waals surface area contributed by atoms with Gasteiger partial charge in [0, 0.05) is 24.7 Å². The van der Waals surface area contributed by atoms with Crippen LogP contribution in [0, 0.1) is 0 Å². The Hall–Kier alpha value is -2.48. The summed E-state index contributed by atoms with van der Waals surface area (Å²) in [5, 5.41) is 18.0. The van der Waals surface area contributed by atoms with Gasteiger partial charge in [-0.3, -0.25) is 24.2 Å². The molecule has 3 N–H and O–H groups in total. The lowest BCUT2D eigenvalue weighted by atomic mass is 9.68. The number of amides is 1. The Bertz CT molecular complexity index is 889. The molecular weight excluding hydrogens is 336 g/mol. The first-order valence-electron chi connectivity index (χ1n) is 8.98. The summed E-state index contributed by atoms with van der Waals surface area (Å²) >= 11 is 0. The van der Waals surface area contributed by atoms with Crippen molar-refractivity contribution in [2.24, 2.45) is 7.05 Å². The van der Waals surface area contributed by atoms with E-state index >= 15 is 0 Å². The van der Waals surface area contributed by atoms with Crippen molar-refractivity contribution in [2.75, 3.05) is 7.05 Å². The Balaban J connectivity index is 2.04. The molecule has 0 bridgehead atoms. The fourth-order valence-corrected chi connectivity index (χ4v) is 3.79. The van der Waals surface area contributed by atoms with Crippen molar-refractivity contribution >= 4 is 17.4 Å². The van der Waals surface area contributed by atoms with Gasteiger partial charge >= 0.3 is 5.91 Å². The zero-order chi connectivity index (χ0) is 19.2. The van der Waals surface area contributed by atoms with Crippen molar-refractivity contribution in [1.29, 1.82) is 0 Å². The molecule has 2 heterocycles. The van der Waals surface area contributed by atoms with Gasteiger partial charge in [-0.05, 0) is 12.8 Å². The first-order chi connectivity index (χ1) is 12.3. The van der Waals surface area contributed by atoms with E-state index in [9.17, 15) is 19.5 Å². The molecule has 0 saturated heterocycles. The molecule has 8 heteroatoms. The van der Waals surface area contributed by atoms with Crippen LogP contribution < -0.4 is 10.7 Å². The van der Waals surface area contributed by atoms with Crippen LogP contribution >= 0.6 is 0 Å². The number of aryl methyl sites for hydroxylation is 2. The van der Waals surface area contributed by atoms with Crippen LogP contribution in [-0.2, 0) is 23.1 Å². The summed E-state index contributed by atoms with van der Waals surface area (Å²) in [6.45, 7) is 3.95. The molecule has 0 radical (unpaired) electrons. The SMILES string of the molecule is CCCC1=[NH+]N(C)C(=O)C1=C1C(=O)C(c2c(CCC)[nH]n(C)c2=O)C1O. The second-order valence-corrected chi connectivity index (χ2v) is 6.90. The predicted molar refractivity (Wildman–Crippen MR) is 94.5 cm³/mol. The molecular formula is C18H25N4O4+. The average Bonchev–Trinajstić information content (AvgIpc) is 3.01. The Morgan fingerprint density at radius 1 is 1.12 bits per heavy atom. The van der Waals surface area contributed by atoms with Crippen molar-refractivity contribution in [2.45, 2.75) is 51.6 Å². The van der Waals surface area contributed by atoms with Gasteiger partial charge in [-0.1, -0.05) is 20.3 Å². The fourth-order valence-electron chi connectivity index (χ4n) is 3.79. The van der Waals surface area contributed by atoms with Gasteiger partial charge in [0.25, 0.3) is 5.56 Å². The first kappa shape index (κ1) is 18.3. The highest BCUT2D eigenvalue weighted by Gasteiger charge is 2.53. The maximum atomic E-state index is 12.9. The number of hydrogen-bond acceptors (Lipinski definition) is 4. The number of hydrazine groups is 1. The second-order valence-electron chi connectivity index (χ2n) is 6.90. The number of aromatic nitrogens is 2. The maximum Gasteiger partial charge on any atom is 0.314 e. The minimum atomic E-state index is -1.15. The van der Waals surface area contributed by atoms with Crippen LogP contribution in [0.2, 0.25) is 0 Å². The molecule has 1 fully saturated rings. The summed E-state index contributed by atoms with van der Waals surface area (Å²) in [4.78, 5) is 37.8. The summed E-state index contributed by atoms with van der Waals surface area (Å²) in [6, 6.07) is 0. The smallest absolute Gasteiger partial charge is 0.314 e. The zero-order valence-electron chi connectivity index (χ0n) is 15.5. The van der Waals surface area contributed by atoms with Crippen LogP contribution in [0.5, 0.6) is 0 Å². The number of ketones is 1. The lowest BCUT2D eigenvalue weighted by Crippen LogP contribution is -2.79. The van der Waals surface area contributed by atoms with E-state index in [1.807, 2.05) is 13.8 Å². The highest BCUT2D eigenvalue weighted by Crippen LogP contribution is 2.40. The summed E-state index contributed by atoms with van der Waals surface area (Å²) < 4.78 is 1.33. The summed E-state index contributed by atoms with van der Waals surface area (Å²) in [7, 11) is 3.17. The minimum Gasteiger partial charge on any atom is -0.387 e. The van der Waals surface area contributed by atoms with Gasteiger partial charge in [0.15, 0.2) is 5.78 Å². The molecule has 8 nitrogen and oxygen atoms in total. The molecule has 1 amide bonds. The number of likely N-dealkylation sites (N-methyl/N-ethyl adjacent to an activating group) is 1. The molecule has 26 heavy (non-hydrogen) atoms. The quantitative estimate of drug-likeness (QED) is 0.566. The van der Waals surface area contributed by atoms with E-state index in [-0.39, 0.29) is 28.4 Å². The van der Waals surface area contributed by atoms with Crippen molar-refractivity contribution in [1.82, 2.24) is 14.8 Å². The standard InChI is InChI=1S/C18H24N4O4/c1-5-7-9-11(17(25)21(3)19-9)13-15(23)14(16(13)24)12-10(8-6-2)20-22(4)18(12)26/h13,15,19,23H,5-8H2,1-4H3/p+1. The average molecular weight is 361 g/mol. The van der Waals surface area contributed by atoms with Crippen molar-refractivity contribution < 1.29 is 19.8 Å². The van der Waals surface area contributed by atoms with Crippen molar-refractivity contribution in [3.05, 3.63) is 32.8 Å². The highest BCUT2D eigenvalue weighted by molar-refractivity contribution is 6.28. The molecule has 1 aliphatic heterocycles. The number of Topliss-reactive ketones (excluding diaryl/α,β-unsaturated/α-hetero) is 1. The Morgan fingerprint density at radius 2 is 1.77 bits per heavy atom. The largest absolute Gasteiger partial charge is 0.387 e. The third-order valence-corrected chi connectivity index (χ3v) is 5.03. The summed E-state index contributed by atoms with van der Waals surface area (Å²) in [5.41, 5.74) is 1.71. The van der Waals surface area contributed by atoms with E-state index in [0.717, 1.165) is 12.8 Å². The molecule has 1 saturated carbocycles. The summed E-state index contributed by atoms with van der Waals surface area (Å²) in [5.74, 6) is -1.59. The maximum absolute atomic E-state index is 12.9. The van der Waals surface area contributed by atoms with Gasteiger partial charge in [0.1, 0.15) is 5.57 Å². The van der Waals surface area contributed by atoms with E-state index in [0.29, 0.717) is 29.8 Å². The van der Waals surface area contributed by atoms with E-state index in [1.54, 1.807) is 14.1 Å². The van der Waals surface area contributed by atoms with Gasteiger partial charge in [0.05, 0.1) is 24.6 Å². The number of nitrogens with zero attached hydrogens (tertiary/aromatic N) is 2. The fraction of sp³-hybridized carbons (Fsp3) is 0.556. The molecule has 2 aliphatic rings. The van der Waals surface area contributed by atoms with Gasteiger partial charge in [-0.25, -0.2) is 0 Å². The van der Waals surface area contributed by atoms with E-state index in [2.05, 4.69) is 10.2 Å². The Kier molecular flexibility index (Phi) is 4.70. The Labute approximate surface area is 151 Å². The molecule has 2 unspecified atom stereocenters. The summed E-state index contributed by atoms with van der Waals surface area (Å²) in [6.07, 6.45) is 1.67. The molecule has 3 rings (SSSR count). The van der Waals surface area contributed by atoms with E-state index in [1.165, 1.54) is 9.69 Å². The highest BCUT2D eigenvalue weighted by atomic mass is 16.3. The van der Waals surface area contributed by atoms with E-state index in [4.69, 9.17) is 0 Å². The van der Waals surface area contributed by atoms with Crippen LogP contribution in [0.25, 0.3) is 0 Å². The van der Waals surface area contributed by atoms with E-state index < -0.39 is 12.0 Å². The molecule has 0 aromatic carbocycles. The van der Waals surface area contributed by atoms with Gasteiger partial charge in [-0.15, -0.1) is 10.1 Å². The number of H-pyrrole nitrogens is 1. The van der Waals surface area contributed by atoms with Crippen LogP contribution in [0.4, 0.5) is 0 Å². The second kappa shape index (κ2) is 6.68. The molecule has 140 valence electrons. The Morgan fingerprint density at radius 3 is 2.35 bits per heavy atom. The van der Waals surface area contributed by atoms with Crippen LogP contribution in [0.15, 0.2) is 15.9 Å². The van der Waals surface area contributed by atoms with Crippen molar-refractivity contribution in [3.63, 3.8) is 0 Å². The normalized spacial score (nSPS) is 25.7. The molecule has 1 aliphatic carbocycles. The number of carbonyl (C=O) groups is 2. The zero-order valence-corrected chi connectivity index (χ0v) is 15.5. The molecule has 1 aromatic rings. The molecule has 0 spiro atoms. The number of aliphatic hydroxyl groups is 1. The number of carbonyl (C=O) groups excluding carboxylic acids is 2.